The Bertz CT molecular complexity index is 249. The van der Waals surface area contributed by atoms with Crippen LogP contribution in [0.1, 0.15) is 0 Å². The van der Waals surface area contributed by atoms with E-state index in [9.17, 15) is 0 Å². The third kappa shape index (κ3) is 0.866. The first-order valence-electron chi connectivity index (χ1n) is 3.01. The van der Waals surface area contributed by atoms with Gasteiger partial charge in [0, 0.05) is 5.56 Å². The highest BCUT2D eigenvalue weighted by atomic mass is 32.1. The number of furan rings is 1. The summed E-state index contributed by atoms with van der Waals surface area (Å²) in [7, 11) is 0. The average molecular weight is 150 g/mol. The first-order valence-corrected chi connectivity index (χ1v) is 3.96. The van der Waals surface area contributed by atoms with Crippen molar-refractivity contribution in [2.75, 3.05) is 0 Å². The number of rotatable bonds is 1. The zero-order valence-corrected chi connectivity index (χ0v) is 6.10. The van der Waals surface area contributed by atoms with Crippen molar-refractivity contribution in [3.05, 3.63) is 35.4 Å². The Kier molecular flexibility index (Phi) is 1.32. The van der Waals surface area contributed by atoms with Crippen molar-refractivity contribution >= 4 is 11.3 Å². The number of thiophene rings is 1. The molecule has 0 fully saturated rings. The summed E-state index contributed by atoms with van der Waals surface area (Å²) in [6.07, 6.45) is 3.44. The summed E-state index contributed by atoms with van der Waals surface area (Å²) in [5, 5.41) is 4.16. The van der Waals surface area contributed by atoms with Crippen LogP contribution in [0.15, 0.2) is 39.8 Å². The minimum absolute atomic E-state index is 1.15. The van der Waals surface area contributed by atoms with Crippen LogP contribution in [-0.2, 0) is 0 Å². The molecule has 50 valence electrons. The predicted octanol–water partition coefficient (Wildman–Crippen LogP) is 3.01. The van der Waals surface area contributed by atoms with Crippen molar-refractivity contribution in [1.29, 1.82) is 0 Å². The van der Waals surface area contributed by atoms with Crippen molar-refractivity contribution in [3.8, 4) is 11.1 Å². The van der Waals surface area contributed by atoms with Crippen LogP contribution in [0.25, 0.3) is 11.1 Å². The van der Waals surface area contributed by atoms with E-state index < -0.39 is 0 Å². The van der Waals surface area contributed by atoms with E-state index in [0.29, 0.717) is 0 Å². The Morgan fingerprint density at radius 3 is 2.80 bits per heavy atom. The lowest BCUT2D eigenvalue weighted by atomic mass is 10.2. The molecule has 0 saturated heterocycles. The van der Waals surface area contributed by atoms with Gasteiger partial charge in [0.1, 0.15) is 0 Å². The molecule has 0 saturated carbocycles. The van der Waals surface area contributed by atoms with Crippen LogP contribution in [0.3, 0.4) is 0 Å². The van der Waals surface area contributed by atoms with E-state index in [1.54, 1.807) is 23.9 Å². The van der Waals surface area contributed by atoms with Crippen molar-refractivity contribution in [1.82, 2.24) is 0 Å². The van der Waals surface area contributed by atoms with E-state index in [1.807, 2.05) is 6.07 Å². The van der Waals surface area contributed by atoms with Gasteiger partial charge in [0.2, 0.25) is 0 Å². The highest BCUT2D eigenvalue weighted by molar-refractivity contribution is 7.08. The quantitative estimate of drug-likeness (QED) is 0.609. The van der Waals surface area contributed by atoms with Gasteiger partial charge in [-0.05, 0) is 28.5 Å². The second-order valence-corrected chi connectivity index (χ2v) is 2.80. The summed E-state index contributed by atoms with van der Waals surface area (Å²) < 4.78 is 4.94. The number of hydrogen-bond acceptors (Lipinski definition) is 2. The van der Waals surface area contributed by atoms with Crippen molar-refractivity contribution in [3.63, 3.8) is 0 Å². The predicted molar refractivity (Wildman–Crippen MR) is 42.0 cm³/mol. The van der Waals surface area contributed by atoms with Crippen LogP contribution in [0.5, 0.6) is 0 Å². The third-order valence-electron chi connectivity index (χ3n) is 1.38. The first-order chi connectivity index (χ1) is 4.97. The molecular formula is C8H6OS. The highest BCUT2D eigenvalue weighted by Crippen LogP contribution is 2.21. The summed E-state index contributed by atoms with van der Waals surface area (Å²) in [6.45, 7) is 0. The van der Waals surface area contributed by atoms with E-state index in [-0.39, 0.29) is 0 Å². The molecule has 0 bridgehead atoms. The largest absolute Gasteiger partial charge is 0.472 e. The Hall–Kier alpha value is -1.02. The molecule has 2 heteroatoms. The molecule has 0 amide bonds. The molecule has 2 rings (SSSR count). The van der Waals surface area contributed by atoms with Crippen LogP contribution in [0.2, 0.25) is 0 Å². The topological polar surface area (TPSA) is 13.1 Å². The summed E-state index contributed by atoms with van der Waals surface area (Å²) in [5.74, 6) is 0. The van der Waals surface area contributed by atoms with Crippen LogP contribution >= 0.6 is 11.3 Å². The van der Waals surface area contributed by atoms with E-state index >= 15 is 0 Å². The Balaban J connectivity index is 2.48. The molecule has 0 aromatic carbocycles. The summed E-state index contributed by atoms with van der Waals surface area (Å²) in [6, 6.07) is 4.04. The molecule has 0 spiro atoms. The summed E-state index contributed by atoms with van der Waals surface area (Å²) >= 11 is 1.70. The summed E-state index contributed by atoms with van der Waals surface area (Å²) in [5.41, 5.74) is 2.39. The van der Waals surface area contributed by atoms with Gasteiger partial charge in [-0.2, -0.15) is 11.3 Å². The van der Waals surface area contributed by atoms with Crippen LogP contribution in [0, 0.1) is 0 Å². The van der Waals surface area contributed by atoms with Gasteiger partial charge in [-0.3, -0.25) is 0 Å². The lowest BCUT2D eigenvalue weighted by Crippen LogP contribution is -1.61. The van der Waals surface area contributed by atoms with Gasteiger partial charge in [-0.25, -0.2) is 0 Å². The Labute approximate surface area is 62.9 Å². The maximum atomic E-state index is 4.94. The molecule has 10 heavy (non-hydrogen) atoms. The minimum Gasteiger partial charge on any atom is -0.472 e. The van der Waals surface area contributed by atoms with Crippen molar-refractivity contribution in [2.45, 2.75) is 0 Å². The van der Waals surface area contributed by atoms with Crippen LogP contribution in [-0.4, -0.2) is 0 Å². The van der Waals surface area contributed by atoms with Crippen molar-refractivity contribution < 1.29 is 4.42 Å². The average Bonchev–Trinajstić information content (AvgIpc) is 2.59. The van der Waals surface area contributed by atoms with Gasteiger partial charge in [-0.15, -0.1) is 0 Å². The molecule has 0 aliphatic heterocycles. The zero-order chi connectivity index (χ0) is 6.81. The molecule has 0 N–H and O–H groups in total. The van der Waals surface area contributed by atoms with Crippen molar-refractivity contribution in [2.24, 2.45) is 0 Å². The molecule has 0 aliphatic rings. The monoisotopic (exact) mass is 150 g/mol. The van der Waals surface area contributed by atoms with E-state index in [2.05, 4.69) is 16.8 Å². The maximum Gasteiger partial charge on any atom is 0.0981 e. The van der Waals surface area contributed by atoms with Gasteiger partial charge in [0.05, 0.1) is 12.5 Å². The molecule has 0 unspecified atom stereocenters. The second-order valence-electron chi connectivity index (χ2n) is 2.02. The molecule has 0 radical (unpaired) electrons. The van der Waals surface area contributed by atoms with E-state index in [0.717, 1.165) is 5.56 Å². The fourth-order valence-electron chi connectivity index (χ4n) is 0.857. The van der Waals surface area contributed by atoms with Gasteiger partial charge in [0.15, 0.2) is 0 Å². The first kappa shape index (κ1) is 5.74. The molecular weight excluding hydrogens is 144 g/mol. The fraction of sp³-hybridized carbons (Fsp3) is 0. The molecule has 1 nitrogen and oxygen atoms in total. The molecule has 0 aliphatic carbocycles. The lowest BCUT2D eigenvalue weighted by Gasteiger charge is -1.84. The number of hydrogen-bond donors (Lipinski definition) is 0. The van der Waals surface area contributed by atoms with E-state index in [1.165, 1.54) is 5.56 Å². The van der Waals surface area contributed by atoms with Crippen LogP contribution < -0.4 is 0 Å². The van der Waals surface area contributed by atoms with Gasteiger partial charge in [0.25, 0.3) is 0 Å². The Morgan fingerprint density at radius 2 is 2.20 bits per heavy atom. The minimum atomic E-state index is 1.15. The van der Waals surface area contributed by atoms with E-state index in [4.69, 9.17) is 4.42 Å². The third-order valence-corrected chi connectivity index (χ3v) is 2.06. The van der Waals surface area contributed by atoms with Gasteiger partial charge < -0.3 is 4.42 Å². The second kappa shape index (κ2) is 2.31. The Morgan fingerprint density at radius 1 is 1.20 bits per heavy atom. The lowest BCUT2D eigenvalue weighted by molar-refractivity contribution is 0.568. The van der Waals surface area contributed by atoms with Gasteiger partial charge >= 0.3 is 0 Å². The normalized spacial score (nSPS) is 10.0. The molecule has 2 aromatic heterocycles. The summed E-state index contributed by atoms with van der Waals surface area (Å²) in [4.78, 5) is 0. The standard InChI is InChI=1S/C8H6OS/c1-3-9-5-7(1)8-2-4-10-6-8/h1-6H. The van der Waals surface area contributed by atoms with Gasteiger partial charge in [-0.1, -0.05) is 0 Å². The SMILES string of the molecule is c1cc(-c2ccsc2)co1. The smallest absolute Gasteiger partial charge is 0.0981 e. The fourth-order valence-corrected chi connectivity index (χ4v) is 1.52. The highest BCUT2D eigenvalue weighted by Gasteiger charge is 1.96. The molecule has 0 atom stereocenters. The maximum absolute atomic E-state index is 4.94. The molecule has 2 heterocycles. The van der Waals surface area contributed by atoms with Crippen LogP contribution in [0.4, 0.5) is 0 Å². The molecule has 2 aromatic rings. The zero-order valence-electron chi connectivity index (χ0n) is 5.28.